The molecule has 16 heavy (non-hydrogen) atoms. The maximum Gasteiger partial charge on any atom is 0.161 e. The van der Waals surface area contributed by atoms with E-state index in [9.17, 15) is 0 Å². The van der Waals surface area contributed by atoms with Crippen LogP contribution in [0, 0.1) is 0 Å². The second-order valence-corrected chi connectivity index (χ2v) is 3.67. The Morgan fingerprint density at radius 3 is 2.50 bits per heavy atom. The molecule has 0 aromatic heterocycles. The first-order valence-corrected chi connectivity index (χ1v) is 5.21. The Morgan fingerprint density at radius 2 is 1.94 bits per heavy atom. The third kappa shape index (κ3) is 3.28. The quantitative estimate of drug-likeness (QED) is 0.688. The number of rotatable bonds is 6. The van der Waals surface area contributed by atoms with Crippen LogP contribution in [0.5, 0.6) is 11.5 Å². The highest BCUT2D eigenvalue weighted by Crippen LogP contribution is 2.27. The molecule has 0 heterocycles. The van der Waals surface area contributed by atoms with Gasteiger partial charge in [0.15, 0.2) is 11.5 Å². The Balaban J connectivity index is 2.78. The monoisotopic (exact) mass is 221 g/mol. The van der Waals surface area contributed by atoms with Gasteiger partial charge in [-0.25, -0.2) is 0 Å². The molecule has 88 valence electrons. The van der Waals surface area contributed by atoms with E-state index in [1.807, 2.05) is 24.3 Å². The van der Waals surface area contributed by atoms with E-state index in [2.05, 4.69) is 18.5 Å². The summed E-state index contributed by atoms with van der Waals surface area (Å²) in [6, 6.07) is 5.97. The van der Waals surface area contributed by atoms with Crippen molar-refractivity contribution < 1.29 is 9.47 Å². The van der Waals surface area contributed by atoms with Crippen LogP contribution in [-0.4, -0.2) is 32.7 Å². The van der Waals surface area contributed by atoms with Crippen LogP contribution in [0.3, 0.4) is 0 Å². The van der Waals surface area contributed by atoms with Crippen molar-refractivity contribution in [3.05, 3.63) is 36.4 Å². The molecule has 1 aromatic rings. The zero-order valence-electron chi connectivity index (χ0n) is 10.2. The van der Waals surface area contributed by atoms with Gasteiger partial charge in [0.2, 0.25) is 0 Å². The lowest BCUT2D eigenvalue weighted by atomic mass is 10.2. The third-order valence-electron chi connectivity index (χ3n) is 2.34. The average Bonchev–Trinajstić information content (AvgIpc) is 2.29. The van der Waals surface area contributed by atoms with Crippen LogP contribution >= 0.6 is 0 Å². The van der Waals surface area contributed by atoms with Crippen molar-refractivity contribution in [2.45, 2.75) is 6.54 Å². The molecular formula is C13H19NO2. The second-order valence-electron chi connectivity index (χ2n) is 3.67. The molecule has 0 amide bonds. The Labute approximate surface area is 97.3 Å². The van der Waals surface area contributed by atoms with Crippen LogP contribution in [0.2, 0.25) is 0 Å². The topological polar surface area (TPSA) is 21.7 Å². The van der Waals surface area contributed by atoms with Crippen molar-refractivity contribution in [1.29, 1.82) is 0 Å². The smallest absolute Gasteiger partial charge is 0.161 e. The molecule has 3 nitrogen and oxygen atoms in total. The lowest BCUT2D eigenvalue weighted by molar-refractivity contribution is 0.347. The highest BCUT2D eigenvalue weighted by molar-refractivity contribution is 5.42. The Hall–Kier alpha value is -1.48. The SMILES string of the molecule is C=CCN(C)Cc1ccc(OC)c(OC)c1. The van der Waals surface area contributed by atoms with E-state index in [-0.39, 0.29) is 0 Å². The van der Waals surface area contributed by atoms with Gasteiger partial charge in [-0.3, -0.25) is 4.90 Å². The summed E-state index contributed by atoms with van der Waals surface area (Å²) in [6.07, 6.45) is 1.89. The van der Waals surface area contributed by atoms with Crippen LogP contribution in [0.1, 0.15) is 5.56 Å². The molecule has 0 spiro atoms. The van der Waals surface area contributed by atoms with Gasteiger partial charge in [0.25, 0.3) is 0 Å². The maximum absolute atomic E-state index is 5.25. The molecule has 1 rings (SSSR count). The predicted molar refractivity (Wildman–Crippen MR) is 66.1 cm³/mol. The van der Waals surface area contributed by atoms with Crippen molar-refractivity contribution in [2.75, 3.05) is 27.8 Å². The predicted octanol–water partition coefficient (Wildman–Crippen LogP) is 2.32. The molecule has 0 radical (unpaired) electrons. The molecule has 0 N–H and O–H groups in total. The first-order valence-electron chi connectivity index (χ1n) is 5.21. The fraction of sp³-hybridized carbons (Fsp3) is 0.385. The Bertz CT molecular complexity index is 350. The van der Waals surface area contributed by atoms with E-state index in [1.54, 1.807) is 14.2 Å². The van der Waals surface area contributed by atoms with Crippen LogP contribution in [0.15, 0.2) is 30.9 Å². The van der Waals surface area contributed by atoms with Crippen LogP contribution in [0.4, 0.5) is 0 Å². The molecule has 0 saturated carbocycles. The average molecular weight is 221 g/mol. The number of hydrogen-bond donors (Lipinski definition) is 0. The first-order chi connectivity index (χ1) is 7.71. The van der Waals surface area contributed by atoms with Crippen molar-refractivity contribution in [3.8, 4) is 11.5 Å². The summed E-state index contributed by atoms with van der Waals surface area (Å²) in [6.45, 7) is 5.45. The van der Waals surface area contributed by atoms with Crippen molar-refractivity contribution in [1.82, 2.24) is 4.90 Å². The van der Waals surface area contributed by atoms with Gasteiger partial charge in [0.1, 0.15) is 0 Å². The van der Waals surface area contributed by atoms with Crippen LogP contribution < -0.4 is 9.47 Å². The lowest BCUT2D eigenvalue weighted by Crippen LogP contribution is -2.17. The number of methoxy groups -OCH3 is 2. The number of likely N-dealkylation sites (N-methyl/N-ethyl adjacent to an activating group) is 1. The molecule has 0 aliphatic heterocycles. The molecule has 0 saturated heterocycles. The summed E-state index contributed by atoms with van der Waals surface area (Å²) >= 11 is 0. The van der Waals surface area contributed by atoms with E-state index in [0.29, 0.717) is 0 Å². The van der Waals surface area contributed by atoms with Gasteiger partial charge in [-0.15, -0.1) is 6.58 Å². The van der Waals surface area contributed by atoms with E-state index in [1.165, 1.54) is 5.56 Å². The minimum Gasteiger partial charge on any atom is -0.493 e. The highest BCUT2D eigenvalue weighted by Gasteiger charge is 2.05. The van der Waals surface area contributed by atoms with Crippen molar-refractivity contribution >= 4 is 0 Å². The number of benzene rings is 1. The molecule has 0 atom stereocenters. The minimum atomic E-state index is 0.762. The fourth-order valence-electron chi connectivity index (χ4n) is 1.58. The zero-order chi connectivity index (χ0) is 12.0. The second kappa shape index (κ2) is 6.18. The van der Waals surface area contributed by atoms with E-state index in [0.717, 1.165) is 24.6 Å². The molecule has 0 bridgehead atoms. The summed E-state index contributed by atoms with van der Waals surface area (Å²) < 4.78 is 10.4. The van der Waals surface area contributed by atoms with E-state index < -0.39 is 0 Å². The van der Waals surface area contributed by atoms with E-state index >= 15 is 0 Å². The maximum atomic E-state index is 5.25. The van der Waals surface area contributed by atoms with Crippen LogP contribution in [-0.2, 0) is 6.54 Å². The standard InChI is InChI=1S/C13H19NO2/c1-5-8-14(2)10-11-6-7-12(15-3)13(9-11)16-4/h5-7,9H,1,8,10H2,2-4H3. The Kier molecular flexibility index (Phi) is 4.86. The van der Waals surface area contributed by atoms with Gasteiger partial charge < -0.3 is 9.47 Å². The molecule has 1 aromatic carbocycles. The minimum absolute atomic E-state index is 0.762. The van der Waals surface area contributed by atoms with Gasteiger partial charge in [0, 0.05) is 13.1 Å². The summed E-state index contributed by atoms with van der Waals surface area (Å²) in [7, 11) is 5.34. The van der Waals surface area contributed by atoms with Crippen molar-refractivity contribution in [2.24, 2.45) is 0 Å². The highest BCUT2D eigenvalue weighted by atomic mass is 16.5. The van der Waals surface area contributed by atoms with Crippen molar-refractivity contribution in [3.63, 3.8) is 0 Å². The van der Waals surface area contributed by atoms with Gasteiger partial charge >= 0.3 is 0 Å². The normalized spacial score (nSPS) is 10.2. The largest absolute Gasteiger partial charge is 0.493 e. The van der Waals surface area contributed by atoms with Crippen LogP contribution in [0.25, 0.3) is 0 Å². The summed E-state index contributed by atoms with van der Waals surface area (Å²) in [4.78, 5) is 2.17. The molecule has 0 aliphatic rings. The van der Waals surface area contributed by atoms with E-state index in [4.69, 9.17) is 9.47 Å². The summed E-state index contributed by atoms with van der Waals surface area (Å²) in [5, 5.41) is 0. The summed E-state index contributed by atoms with van der Waals surface area (Å²) in [5.74, 6) is 1.53. The molecule has 0 unspecified atom stereocenters. The summed E-state index contributed by atoms with van der Waals surface area (Å²) in [5.41, 5.74) is 1.20. The van der Waals surface area contributed by atoms with Gasteiger partial charge in [-0.2, -0.15) is 0 Å². The zero-order valence-corrected chi connectivity index (χ0v) is 10.2. The number of hydrogen-bond acceptors (Lipinski definition) is 3. The van der Waals surface area contributed by atoms with Gasteiger partial charge in [-0.1, -0.05) is 12.1 Å². The molecular weight excluding hydrogens is 202 g/mol. The number of nitrogens with zero attached hydrogens (tertiary/aromatic N) is 1. The Morgan fingerprint density at radius 1 is 1.25 bits per heavy atom. The third-order valence-corrected chi connectivity index (χ3v) is 2.34. The molecule has 0 aliphatic carbocycles. The lowest BCUT2D eigenvalue weighted by Gasteiger charge is -2.15. The fourth-order valence-corrected chi connectivity index (χ4v) is 1.58. The molecule has 3 heteroatoms. The number of ether oxygens (including phenoxy) is 2. The molecule has 0 fully saturated rings. The van der Waals surface area contributed by atoms with Gasteiger partial charge in [-0.05, 0) is 24.7 Å². The first kappa shape index (κ1) is 12.6. The van der Waals surface area contributed by atoms with Gasteiger partial charge in [0.05, 0.1) is 14.2 Å².